The number of anilines is 1. The molecule has 0 fully saturated rings. The molecule has 0 saturated heterocycles. The number of rotatable bonds is 4. The topological polar surface area (TPSA) is 77.2 Å². The van der Waals surface area contributed by atoms with E-state index < -0.39 is 17.8 Å². The molecule has 0 radical (unpaired) electrons. The molecule has 0 spiro atoms. The van der Waals surface area contributed by atoms with Crippen molar-refractivity contribution in [2.24, 2.45) is 0 Å². The fourth-order valence-corrected chi connectivity index (χ4v) is 3.15. The number of ether oxygens (including phenoxy) is 1. The zero-order chi connectivity index (χ0) is 20.8. The van der Waals surface area contributed by atoms with Crippen molar-refractivity contribution in [2.75, 3.05) is 5.32 Å². The number of halogens is 3. The predicted molar refractivity (Wildman–Crippen MR) is 98.3 cm³/mol. The first-order valence-corrected chi connectivity index (χ1v) is 8.86. The summed E-state index contributed by atoms with van der Waals surface area (Å²) in [4.78, 5) is 15.9. The Hall–Kier alpha value is -3.36. The van der Waals surface area contributed by atoms with E-state index in [4.69, 9.17) is 9.26 Å². The minimum absolute atomic E-state index is 0.0588. The number of carbonyl (C=O) groups is 1. The molecule has 9 heteroatoms. The third-order valence-electron chi connectivity index (χ3n) is 4.35. The Morgan fingerprint density at radius 1 is 1.21 bits per heavy atom. The summed E-state index contributed by atoms with van der Waals surface area (Å²) in [5.41, 5.74) is 1.18. The van der Waals surface area contributed by atoms with E-state index in [-0.39, 0.29) is 35.4 Å². The summed E-state index contributed by atoms with van der Waals surface area (Å²) in [5, 5.41) is 6.62. The number of aromatic nitrogens is 2. The van der Waals surface area contributed by atoms with Gasteiger partial charge in [0.1, 0.15) is 5.75 Å². The molecule has 3 aromatic rings. The molecular formula is C20H16F3N3O3. The fourth-order valence-electron chi connectivity index (χ4n) is 3.15. The molecule has 2 aromatic carbocycles. The number of nitrogens with one attached hydrogen (secondary N) is 1. The second kappa shape index (κ2) is 6.91. The minimum Gasteiger partial charge on any atom is -0.490 e. The van der Waals surface area contributed by atoms with Crippen LogP contribution in [0.25, 0.3) is 22.8 Å². The largest absolute Gasteiger partial charge is 0.490 e. The first kappa shape index (κ1) is 19.0. The Kier molecular flexibility index (Phi) is 4.52. The van der Waals surface area contributed by atoms with Crippen LogP contribution in [0.1, 0.15) is 25.0 Å². The Morgan fingerprint density at radius 3 is 2.72 bits per heavy atom. The van der Waals surface area contributed by atoms with Crippen LogP contribution in [-0.4, -0.2) is 22.2 Å². The molecule has 29 heavy (non-hydrogen) atoms. The third kappa shape index (κ3) is 3.67. The van der Waals surface area contributed by atoms with Crippen LogP contribution in [0.4, 0.5) is 18.9 Å². The number of benzene rings is 2. The molecule has 1 aliphatic heterocycles. The smallest absolute Gasteiger partial charge is 0.419 e. The van der Waals surface area contributed by atoms with Gasteiger partial charge in [0.25, 0.3) is 5.89 Å². The standard InChI is InChI=1S/C20H16F3N3O3/c1-10(2)28-16-7-6-11(8-14(16)20(21,22)23)19-25-18(26-29-19)12-4-3-5-15-13(12)9-17(27)24-15/h3-8,10H,9H2,1-2H3,(H,24,27). The molecule has 0 saturated carbocycles. The summed E-state index contributed by atoms with van der Waals surface area (Å²) in [7, 11) is 0. The highest BCUT2D eigenvalue weighted by atomic mass is 19.4. The van der Waals surface area contributed by atoms with Crippen molar-refractivity contribution in [1.82, 2.24) is 10.1 Å². The maximum absolute atomic E-state index is 13.5. The van der Waals surface area contributed by atoms with E-state index in [1.165, 1.54) is 12.1 Å². The number of nitrogens with zero attached hydrogens (tertiary/aromatic N) is 2. The summed E-state index contributed by atoms with van der Waals surface area (Å²) in [6.45, 7) is 3.30. The molecule has 1 N–H and O–H groups in total. The Bertz CT molecular complexity index is 1090. The van der Waals surface area contributed by atoms with Gasteiger partial charge in [-0.25, -0.2) is 0 Å². The molecule has 6 nitrogen and oxygen atoms in total. The second-order valence-electron chi connectivity index (χ2n) is 6.86. The molecule has 1 aromatic heterocycles. The maximum Gasteiger partial charge on any atom is 0.419 e. The average Bonchev–Trinajstić information content (AvgIpc) is 3.26. The summed E-state index contributed by atoms with van der Waals surface area (Å²) < 4.78 is 50.9. The van der Waals surface area contributed by atoms with E-state index >= 15 is 0 Å². The Morgan fingerprint density at radius 2 is 2.00 bits per heavy atom. The number of hydrogen-bond acceptors (Lipinski definition) is 5. The van der Waals surface area contributed by atoms with E-state index in [0.717, 1.165) is 11.6 Å². The normalized spacial score (nSPS) is 13.5. The van der Waals surface area contributed by atoms with Crippen molar-refractivity contribution in [3.8, 4) is 28.6 Å². The van der Waals surface area contributed by atoms with Crippen molar-refractivity contribution in [3.05, 3.63) is 47.5 Å². The Labute approximate surface area is 163 Å². The lowest BCUT2D eigenvalue weighted by atomic mass is 10.0. The maximum atomic E-state index is 13.5. The third-order valence-corrected chi connectivity index (χ3v) is 4.35. The number of fused-ring (bicyclic) bond motifs is 1. The van der Waals surface area contributed by atoms with Crippen molar-refractivity contribution in [1.29, 1.82) is 0 Å². The minimum atomic E-state index is -4.60. The molecule has 0 unspecified atom stereocenters. The van der Waals surface area contributed by atoms with Gasteiger partial charge in [-0.3, -0.25) is 4.79 Å². The van der Waals surface area contributed by atoms with Gasteiger partial charge in [0.2, 0.25) is 11.7 Å². The van der Waals surface area contributed by atoms with Crippen LogP contribution < -0.4 is 10.1 Å². The van der Waals surface area contributed by atoms with E-state index in [9.17, 15) is 18.0 Å². The van der Waals surface area contributed by atoms with Gasteiger partial charge in [0.05, 0.1) is 18.1 Å². The van der Waals surface area contributed by atoms with Crippen LogP contribution in [-0.2, 0) is 17.4 Å². The Balaban J connectivity index is 1.73. The lowest BCUT2D eigenvalue weighted by Gasteiger charge is -2.16. The first-order valence-electron chi connectivity index (χ1n) is 8.86. The molecular weight excluding hydrogens is 387 g/mol. The van der Waals surface area contributed by atoms with E-state index in [1.54, 1.807) is 32.0 Å². The lowest BCUT2D eigenvalue weighted by Crippen LogP contribution is -2.13. The van der Waals surface area contributed by atoms with Gasteiger partial charge in [-0.2, -0.15) is 18.2 Å². The zero-order valence-corrected chi connectivity index (χ0v) is 15.5. The summed E-state index contributed by atoms with van der Waals surface area (Å²) >= 11 is 0. The van der Waals surface area contributed by atoms with Gasteiger partial charge < -0.3 is 14.6 Å². The summed E-state index contributed by atoms with van der Waals surface area (Å²) in [6, 6.07) is 8.82. The molecule has 0 bridgehead atoms. The second-order valence-corrected chi connectivity index (χ2v) is 6.86. The van der Waals surface area contributed by atoms with Crippen molar-refractivity contribution in [3.63, 3.8) is 0 Å². The van der Waals surface area contributed by atoms with Crippen LogP contribution in [0.2, 0.25) is 0 Å². The van der Waals surface area contributed by atoms with Crippen molar-refractivity contribution in [2.45, 2.75) is 32.5 Å². The van der Waals surface area contributed by atoms with Gasteiger partial charge in [0.15, 0.2) is 0 Å². The van der Waals surface area contributed by atoms with Gasteiger partial charge in [-0.1, -0.05) is 17.3 Å². The predicted octanol–water partition coefficient (Wildman–Crippen LogP) is 4.70. The molecule has 0 atom stereocenters. The van der Waals surface area contributed by atoms with Gasteiger partial charge in [-0.05, 0) is 43.7 Å². The summed E-state index contributed by atoms with van der Waals surface area (Å²) in [6.07, 6.45) is -4.84. The fraction of sp³-hybridized carbons (Fsp3) is 0.250. The SMILES string of the molecule is CC(C)Oc1ccc(-c2nc(-c3cccc4c3CC(=O)N4)no2)cc1C(F)(F)F. The highest BCUT2D eigenvalue weighted by Crippen LogP contribution is 2.39. The van der Waals surface area contributed by atoms with Gasteiger partial charge in [0, 0.05) is 16.8 Å². The van der Waals surface area contributed by atoms with Gasteiger partial charge >= 0.3 is 6.18 Å². The van der Waals surface area contributed by atoms with E-state index in [0.29, 0.717) is 11.3 Å². The van der Waals surface area contributed by atoms with Crippen LogP contribution in [0.5, 0.6) is 5.75 Å². The number of carbonyl (C=O) groups excluding carboxylic acids is 1. The summed E-state index contributed by atoms with van der Waals surface area (Å²) in [5.74, 6) is -0.269. The number of alkyl halides is 3. The number of amides is 1. The monoisotopic (exact) mass is 403 g/mol. The highest BCUT2D eigenvalue weighted by Gasteiger charge is 2.35. The molecule has 1 amide bonds. The molecule has 2 heterocycles. The van der Waals surface area contributed by atoms with Crippen LogP contribution in [0, 0.1) is 0 Å². The van der Waals surface area contributed by atoms with Gasteiger partial charge in [-0.15, -0.1) is 0 Å². The van der Waals surface area contributed by atoms with E-state index in [1.807, 2.05) is 0 Å². The quantitative estimate of drug-likeness (QED) is 0.683. The first-order chi connectivity index (χ1) is 13.7. The zero-order valence-electron chi connectivity index (χ0n) is 15.5. The molecule has 150 valence electrons. The molecule has 0 aliphatic carbocycles. The average molecular weight is 403 g/mol. The number of hydrogen-bond donors (Lipinski definition) is 1. The lowest BCUT2D eigenvalue weighted by molar-refractivity contribution is -0.139. The van der Waals surface area contributed by atoms with E-state index in [2.05, 4.69) is 15.5 Å². The molecule has 4 rings (SSSR count). The molecule has 1 aliphatic rings. The van der Waals surface area contributed by atoms with Crippen molar-refractivity contribution >= 4 is 11.6 Å². The van der Waals surface area contributed by atoms with Crippen LogP contribution in [0.3, 0.4) is 0 Å². The van der Waals surface area contributed by atoms with Crippen LogP contribution >= 0.6 is 0 Å². The highest BCUT2D eigenvalue weighted by molar-refractivity contribution is 6.01. The van der Waals surface area contributed by atoms with Crippen molar-refractivity contribution < 1.29 is 27.2 Å². The van der Waals surface area contributed by atoms with Crippen LogP contribution in [0.15, 0.2) is 40.9 Å².